The zero-order valence-corrected chi connectivity index (χ0v) is 14.5. The second-order valence-corrected chi connectivity index (χ2v) is 8.09. The summed E-state index contributed by atoms with van der Waals surface area (Å²) in [4.78, 5) is 14.9. The minimum absolute atomic E-state index is 0.0334. The summed E-state index contributed by atoms with van der Waals surface area (Å²) >= 11 is 0. The maximum atomic E-state index is 12.4. The molecule has 1 N–H and O–H groups in total. The Labute approximate surface area is 139 Å². The first kappa shape index (κ1) is 16.3. The fraction of sp³-hybridized carbons (Fsp3) is 0.632. The van der Waals surface area contributed by atoms with Crippen molar-refractivity contribution in [2.75, 3.05) is 26.2 Å². The summed E-state index contributed by atoms with van der Waals surface area (Å²) in [6, 6.07) is 7.79. The monoisotopic (exact) mass is 316 g/mol. The normalized spacial score (nSPS) is 26.8. The Morgan fingerprint density at radius 1 is 1.22 bits per heavy atom. The van der Waals surface area contributed by atoms with Crippen LogP contribution in [0, 0.1) is 11.3 Å². The molecule has 3 aliphatic rings. The van der Waals surface area contributed by atoms with Crippen LogP contribution in [0.1, 0.15) is 44.0 Å². The quantitative estimate of drug-likeness (QED) is 0.928. The number of carbonyl (C=O) groups excluding carboxylic acids is 1. The Hall–Kier alpha value is -1.55. The zero-order chi connectivity index (χ0) is 16.4. The number of carbonyl (C=O) groups is 1. The van der Waals surface area contributed by atoms with Gasteiger partial charge >= 0.3 is 0 Å². The average Bonchev–Trinajstić information content (AvgIpc) is 2.54. The largest absolute Gasteiger partial charge is 0.493 e. The van der Waals surface area contributed by atoms with Gasteiger partial charge in [0.2, 0.25) is 0 Å². The molecule has 2 bridgehead atoms. The van der Waals surface area contributed by atoms with Crippen LogP contribution in [0.4, 0.5) is 0 Å². The van der Waals surface area contributed by atoms with Gasteiger partial charge < -0.3 is 15.0 Å². The third kappa shape index (κ3) is 4.25. The number of piperidine rings is 3. The molecule has 3 fully saturated rings. The van der Waals surface area contributed by atoms with Crippen molar-refractivity contribution in [1.29, 1.82) is 0 Å². The molecular formula is C19H28N2O2. The molecule has 4 rings (SSSR count). The van der Waals surface area contributed by atoms with Gasteiger partial charge in [0.1, 0.15) is 5.75 Å². The minimum atomic E-state index is 0.0334. The van der Waals surface area contributed by atoms with Gasteiger partial charge in [0.15, 0.2) is 0 Å². The molecule has 0 radical (unpaired) electrons. The number of hydrogen-bond donors (Lipinski definition) is 1. The lowest BCUT2D eigenvalue weighted by molar-refractivity contribution is 0.0620. The van der Waals surface area contributed by atoms with Gasteiger partial charge in [0, 0.05) is 18.2 Å². The first-order valence-corrected chi connectivity index (χ1v) is 8.67. The molecule has 4 heteroatoms. The lowest BCUT2D eigenvalue weighted by atomic mass is 9.84. The Kier molecular flexibility index (Phi) is 4.62. The fourth-order valence-corrected chi connectivity index (χ4v) is 3.38. The summed E-state index contributed by atoms with van der Waals surface area (Å²) in [5.74, 6) is 1.50. The van der Waals surface area contributed by atoms with Crippen molar-refractivity contribution in [3.8, 4) is 5.75 Å². The molecule has 3 heterocycles. The Bertz CT molecular complexity index is 539. The molecule has 1 atom stereocenters. The lowest BCUT2D eigenvalue weighted by Crippen LogP contribution is -2.57. The van der Waals surface area contributed by atoms with Crippen molar-refractivity contribution in [3.63, 3.8) is 0 Å². The second-order valence-electron chi connectivity index (χ2n) is 8.09. The van der Waals surface area contributed by atoms with Crippen molar-refractivity contribution in [3.05, 3.63) is 29.8 Å². The van der Waals surface area contributed by atoms with Crippen LogP contribution in [0.25, 0.3) is 0 Å². The molecule has 0 saturated carbocycles. The van der Waals surface area contributed by atoms with Crippen LogP contribution in [0.5, 0.6) is 5.75 Å². The smallest absolute Gasteiger partial charge is 0.251 e. The minimum Gasteiger partial charge on any atom is -0.493 e. The standard InChI is InChI=1S/C19H28N2O2/c1-19(2,3)13-23-16-6-4-15(5-7-16)18(22)20-17-12-21-10-8-14(17)9-11-21/h4-7,14,17H,8-13H2,1-3H3,(H,20,22)/t17-/m1/s1. The average molecular weight is 316 g/mol. The molecular weight excluding hydrogens is 288 g/mol. The van der Waals surface area contributed by atoms with E-state index in [0.29, 0.717) is 24.1 Å². The predicted octanol–water partition coefficient (Wildman–Crippen LogP) is 2.94. The van der Waals surface area contributed by atoms with E-state index in [4.69, 9.17) is 4.74 Å². The molecule has 3 aliphatic heterocycles. The molecule has 0 aromatic heterocycles. The maximum Gasteiger partial charge on any atom is 0.251 e. The number of fused-ring (bicyclic) bond motifs is 3. The Balaban J connectivity index is 1.55. The number of nitrogens with one attached hydrogen (secondary N) is 1. The highest BCUT2D eigenvalue weighted by Crippen LogP contribution is 2.27. The molecule has 0 aliphatic carbocycles. The van der Waals surface area contributed by atoms with Crippen LogP contribution in [-0.4, -0.2) is 43.1 Å². The van der Waals surface area contributed by atoms with Gasteiger partial charge in [-0.05, 0) is 61.5 Å². The molecule has 1 aromatic carbocycles. The number of rotatable bonds is 4. The summed E-state index contributed by atoms with van der Waals surface area (Å²) in [6.07, 6.45) is 2.43. The van der Waals surface area contributed by atoms with Crippen LogP contribution < -0.4 is 10.1 Å². The van der Waals surface area contributed by atoms with Gasteiger partial charge in [-0.3, -0.25) is 4.79 Å². The second kappa shape index (κ2) is 6.52. The fourth-order valence-electron chi connectivity index (χ4n) is 3.38. The number of nitrogens with zero attached hydrogens (tertiary/aromatic N) is 1. The van der Waals surface area contributed by atoms with Crippen molar-refractivity contribution in [2.45, 2.75) is 39.7 Å². The van der Waals surface area contributed by atoms with Gasteiger partial charge in [0.05, 0.1) is 6.61 Å². The summed E-state index contributed by atoms with van der Waals surface area (Å²) in [7, 11) is 0. The van der Waals surface area contributed by atoms with E-state index in [0.717, 1.165) is 12.3 Å². The molecule has 126 valence electrons. The number of hydrogen-bond acceptors (Lipinski definition) is 3. The Morgan fingerprint density at radius 3 is 2.39 bits per heavy atom. The zero-order valence-electron chi connectivity index (χ0n) is 14.5. The third-order valence-electron chi connectivity index (χ3n) is 4.76. The Morgan fingerprint density at radius 2 is 1.87 bits per heavy atom. The number of ether oxygens (including phenoxy) is 1. The molecule has 1 aromatic rings. The molecule has 0 spiro atoms. The van der Waals surface area contributed by atoms with Crippen LogP contribution in [0.2, 0.25) is 0 Å². The summed E-state index contributed by atoms with van der Waals surface area (Å²) < 4.78 is 5.76. The first-order chi connectivity index (χ1) is 10.9. The van der Waals surface area contributed by atoms with Crippen LogP contribution in [0.3, 0.4) is 0 Å². The summed E-state index contributed by atoms with van der Waals surface area (Å²) in [6.45, 7) is 10.5. The van der Waals surface area contributed by atoms with Crippen LogP contribution >= 0.6 is 0 Å². The van der Waals surface area contributed by atoms with Crippen molar-refractivity contribution in [1.82, 2.24) is 10.2 Å². The number of amides is 1. The molecule has 4 nitrogen and oxygen atoms in total. The van der Waals surface area contributed by atoms with Crippen LogP contribution in [0.15, 0.2) is 24.3 Å². The van der Waals surface area contributed by atoms with E-state index in [1.54, 1.807) is 0 Å². The first-order valence-electron chi connectivity index (χ1n) is 8.67. The highest BCUT2D eigenvalue weighted by molar-refractivity contribution is 5.94. The van der Waals surface area contributed by atoms with Gasteiger partial charge in [0.25, 0.3) is 5.91 Å². The van der Waals surface area contributed by atoms with E-state index in [1.165, 1.54) is 25.9 Å². The van der Waals surface area contributed by atoms with E-state index >= 15 is 0 Å². The third-order valence-corrected chi connectivity index (χ3v) is 4.76. The molecule has 1 amide bonds. The van der Waals surface area contributed by atoms with E-state index < -0.39 is 0 Å². The maximum absolute atomic E-state index is 12.4. The van der Waals surface area contributed by atoms with Gasteiger partial charge in [-0.2, -0.15) is 0 Å². The highest BCUT2D eigenvalue weighted by Gasteiger charge is 2.34. The summed E-state index contributed by atoms with van der Waals surface area (Å²) in [5, 5.41) is 3.22. The van der Waals surface area contributed by atoms with Crippen molar-refractivity contribution >= 4 is 5.91 Å². The van der Waals surface area contributed by atoms with Gasteiger partial charge in [-0.25, -0.2) is 0 Å². The lowest BCUT2D eigenvalue weighted by Gasteiger charge is -2.44. The van der Waals surface area contributed by atoms with Gasteiger partial charge in [-0.15, -0.1) is 0 Å². The van der Waals surface area contributed by atoms with E-state index in [9.17, 15) is 4.79 Å². The van der Waals surface area contributed by atoms with Crippen LogP contribution in [-0.2, 0) is 0 Å². The summed E-state index contributed by atoms with van der Waals surface area (Å²) in [5.41, 5.74) is 0.843. The van der Waals surface area contributed by atoms with Gasteiger partial charge in [-0.1, -0.05) is 20.8 Å². The topological polar surface area (TPSA) is 41.6 Å². The van der Waals surface area contributed by atoms with Crippen molar-refractivity contribution in [2.24, 2.45) is 11.3 Å². The number of benzene rings is 1. The van der Waals surface area contributed by atoms with E-state index in [-0.39, 0.29) is 11.3 Å². The molecule has 3 saturated heterocycles. The molecule has 23 heavy (non-hydrogen) atoms. The van der Waals surface area contributed by atoms with E-state index in [2.05, 4.69) is 31.0 Å². The molecule has 0 unspecified atom stereocenters. The highest BCUT2D eigenvalue weighted by atomic mass is 16.5. The van der Waals surface area contributed by atoms with Crippen molar-refractivity contribution < 1.29 is 9.53 Å². The SMILES string of the molecule is CC(C)(C)COc1ccc(C(=O)N[C@@H]2CN3CCC2CC3)cc1. The van der Waals surface area contributed by atoms with E-state index in [1.807, 2.05) is 24.3 Å². The predicted molar refractivity (Wildman–Crippen MR) is 91.8 cm³/mol.